The molecule has 0 aliphatic carbocycles. The quantitative estimate of drug-likeness (QED) is 0.207. The van der Waals surface area contributed by atoms with Crippen molar-refractivity contribution in [3.63, 3.8) is 0 Å². The van der Waals surface area contributed by atoms with Gasteiger partial charge in [-0.25, -0.2) is 0 Å². The van der Waals surface area contributed by atoms with E-state index >= 15 is 0 Å². The van der Waals surface area contributed by atoms with Crippen molar-refractivity contribution in [2.75, 3.05) is 37.4 Å². The molecule has 0 radical (unpaired) electrons. The zero-order chi connectivity index (χ0) is 25.1. The predicted molar refractivity (Wildman–Crippen MR) is 133 cm³/mol. The number of hydrogen-bond donors (Lipinski definition) is 4. The second-order valence-corrected chi connectivity index (χ2v) is 11.3. The van der Waals surface area contributed by atoms with Gasteiger partial charge in [0.15, 0.2) is 0 Å². The van der Waals surface area contributed by atoms with E-state index in [1.165, 1.54) is 18.7 Å². The first-order valence-electron chi connectivity index (χ1n) is 11.8. The Hall–Kier alpha value is -3.12. The number of hydrogen-bond acceptors (Lipinski definition) is 6. The van der Waals surface area contributed by atoms with Crippen LogP contribution in [0.5, 0.6) is 5.75 Å². The summed E-state index contributed by atoms with van der Waals surface area (Å²) in [6, 6.07) is 6.58. The van der Waals surface area contributed by atoms with E-state index in [1.54, 1.807) is 24.5 Å². The average molecular weight is 604 g/mol. The molecule has 2 bridgehead atoms. The molecule has 190 valence electrons. The number of anilines is 3. The number of benzene rings is 1. The van der Waals surface area contributed by atoms with Gasteiger partial charge in [0.1, 0.15) is 0 Å². The van der Waals surface area contributed by atoms with Crippen LogP contribution in [0.3, 0.4) is 0 Å². The van der Waals surface area contributed by atoms with Gasteiger partial charge in [0.05, 0.1) is 0 Å². The molecule has 1 atom stereocenters. The Balaban J connectivity index is 1.67. The van der Waals surface area contributed by atoms with Crippen LogP contribution < -0.4 is 42.3 Å². The van der Waals surface area contributed by atoms with E-state index in [-0.39, 0.29) is 15.6 Å². The molecule has 10 heteroatoms. The molecule has 4 heterocycles. The fourth-order valence-electron chi connectivity index (χ4n) is 4.42. The molecule has 2 aliphatic rings. The summed E-state index contributed by atoms with van der Waals surface area (Å²) >= 11 is -0.697. The zero-order valence-electron chi connectivity index (χ0n) is 20.1. The summed E-state index contributed by atoms with van der Waals surface area (Å²) in [5.41, 5.74) is 6.08. The van der Waals surface area contributed by atoms with Gasteiger partial charge in [-0.05, 0) is 0 Å². The number of H-pyrrole nitrogens is 1. The third-order valence-corrected chi connectivity index (χ3v) is 8.71. The molecule has 3 aromatic rings. The number of pyridine rings is 1. The van der Waals surface area contributed by atoms with Crippen molar-refractivity contribution in [1.29, 1.82) is 0 Å². The molecule has 5 rings (SSSR count). The number of nitrogens with zero attached hydrogens (tertiary/aromatic N) is 1. The SMILES string of the molecule is COc1c(F)cccc1Nc1c2[nH]c3c1C(=O)NC[C@H]3[I-]OCC/C(C)=C\CCNc1cnccc1-2. The number of rotatable bonds is 3. The van der Waals surface area contributed by atoms with Gasteiger partial charge in [-0.1, -0.05) is 0 Å². The van der Waals surface area contributed by atoms with Crippen molar-refractivity contribution in [3.8, 4) is 17.0 Å². The van der Waals surface area contributed by atoms with E-state index in [4.69, 9.17) is 7.80 Å². The molecule has 1 aromatic carbocycles. The van der Waals surface area contributed by atoms with Crippen LogP contribution >= 0.6 is 0 Å². The Kier molecular flexibility index (Phi) is 7.42. The number of halogens is 2. The number of carbonyl (C=O) groups is 1. The first-order chi connectivity index (χ1) is 17.6. The summed E-state index contributed by atoms with van der Waals surface area (Å²) in [6.45, 7) is 4.03. The Morgan fingerprint density at radius 1 is 1.28 bits per heavy atom. The van der Waals surface area contributed by atoms with E-state index in [1.807, 2.05) is 6.07 Å². The van der Waals surface area contributed by atoms with Crippen LogP contribution in [0.2, 0.25) is 0 Å². The number of para-hydroxylation sites is 1. The Morgan fingerprint density at radius 2 is 2.17 bits per heavy atom. The van der Waals surface area contributed by atoms with Crippen LogP contribution in [0.4, 0.5) is 21.5 Å². The minimum atomic E-state index is -0.697. The average Bonchev–Trinajstić information content (AvgIpc) is 3.25. The van der Waals surface area contributed by atoms with Crippen molar-refractivity contribution >= 4 is 23.0 Å². The van der Waals surface area contributed by atoms with Crippen molar-refractivity contribution in [1.82, 2.24) is 15.3 Å². The Bertz CT molecular complexity index is 1310. The van der Waals surface area contributed by atoms with Crippen molar-refractivity contribution in [3.05, 3.63) is 65.4 Å². The molecular weight excluding hydrogens is 576 g/mol. The van der Waals surface area contributed by atoms with Gasteiger partial charge in [-0.2, -0.15) is 0 Å². The summed E-state index contributed by atoms with van der Waals surface area (Å²) in [4.78, 5) is 21.1. The molecule has 1 amide bonds. The van der Waals surface area contributed by atoms with Gasteiger partial charge in [-0.3, -0.25) is 0 Å². The maximum atomic E-state index is 14.5. The summed E-state index contributed by atoms with van der Waals surface area (Å²) in [5, 5.41) is 9.82. The Morgan fingerprint density at radius 3 is 3.03 bits per heavy atom. The molecule has 2 aliphatic heterocycles. The topological polar surface area (TPSA) is 100 Å². The van der Waals surface area contributed by atoms with Gasteiger partial charge < -0.3 is 0 Å². The van der Waals surface area contributed by atoms with Crippen LogP contribution in [0.15, 0.2) is 48.3 Å². The van der Waals surface area contributed by atoms with E-state index in [0.717, 1.165) is 42.0 Å². The van der Waals surface area contributed by atoms with E-state index in [2.05, 4.69) is 38.9 Å². The standard InChI is InChI=1S/C26H28FIN5O3/c1-15-5-4-10-30-20-14-29-11-8-16(20)22-24(32-19-7-3-6-17(27)25(19)35-2)21-23(33-22)18(13-31-26(21)34)28-36-12-9-15/h3,5-8,11,14,18,30,32-33H,4,9-10,12-13H2,1-2H3,(H,31,34)/q-1/b15-5-/t18-/m1/s1. The van der Waals surface area contributed by atoms with Crippen molar-refractivity contribution in [2.45, 2.75) is 23.7 Å². The van der Waals surface area contributed by atoms with Gasteiger partial charge in [0, 0.05) is 0 Å². The Labute approximate surface area is 219 Å². The number of amides is 1. The van der Waals surface area contributed by atoms with Crippen LogP contribution in [-0.4, -0.2) is 42.7 Å². The fraction of sp³-hybridized carbons (Fsp3) is 0.308. The molecule has 8 nitrogen and oxygen atoms in total. The molecule has 0 saturated carbocycles. The summed E-state index contributed by atoms with van der Waals surface area (Å²) in [5.74, 6) is -0.590. The van der Waals surface area contributed by atoms with Crippen LogP contribution in [0.1, 0.15) is 39.7 Å². The van der Waals surface area contributed by atoms with Gasteiger partial charge in [-0.15, -0.1) is 0 Å². The summed E-state index contributed by atoms with van der Waals surface area (Å²) in [7, 11) is 1.42. The monoisotopic (exact) mass is 604 g/mol. The fourth-order valence-corrected chi connectivity index (χ4v) is 6.45. The van der Waals surface area contributed by atoms with Crippen LogP contribution in [-0.2, 0) is 3.07 Å². The third kappa shape index (κ3) is 4.92. The molecular formula is C26H28FIN5O3-. The molecule has 0 saturated heterocycles. The number of fused-ring (bicyclic) bond motifs is 3. The molecule has 0 fully saturated rings. The van der Waals surface area contributed by atoms with E-state index < -0.39 is 27.4 Å². The first-order valence-corrected chi connectivity index (χ1v) is 13.9. The molecule has 2 aromatic heterocycles. The number of nitrogens with one attached hydrogen (secondary N) is 4. The summed E-state index contributed by atoms with van der Waals surface area (Å²) < 4.78 is 26.0. The second kappa shape index (κ2) is 10.9. The molecule has 0 unspecified atom stereocenters. The summed E-state index contributed by atoms with van der Waals surface area (Å²) in [6.07, 6.45) is 7.49. The number of alkyl halides is 1. The number of carbonyl (C=O) groups excluding carboxylic acids is 1. The van der Waals surface area contributed by atoms with E-state index in [0.29, 0.717) is 30.1 Å². The minimum absolute atomic E-state index is 0.0489. The van der Waals surface area contributed by atoms with Crippen LogP contribution in [0, 0.1) is 5.82 Å². The predicted octanol–water partition coefficient (Wildman–Crippen LogP) is 1.93. The van der Waals surface area contributed by atoms with Gasteiger partial charge in [0.2, 0.25) is 0 Å². The van der Waals surface area contributed by atoms with Gasteiger partial charge >= 0.3 is 220 Å². The molecule has 0 spiro atoms. The van der Waals surface area contributed by atoms with Crippen LogP contribution in [0.25, 0.3) is 11.3 Å². The van der Waals surface area contributed by atoms with Crippen molar-refractivity contribution in [2.24, 2.45) is 0 Å². The number of aromatic nitrogens is 2. The number of ether oxygens (including phenoxy) is 1. The number of aromatic amines is 1. The second-order valence-electron chi connectivity index (χ2n) is 8.63. The number of methoxy groups -OCH3 is 1. The third-order valence-electron chi connectivity index (χ3n) is 6.23. The molecule has 36 heavy (non-hydrogen) atoms. The normalized spacial score (nSPS) is 19.7. The maximum absolute atomic E-state index is 14.5. The molecule has 4 N–H and O–H groups in total. The van der Waals surface area contributed by atoms with Crippen molar-refractivity contribution < 1.29 is 38.6 Å². The van der Waals surface area contributed by atoms with E-state index in [9.17, 15) is 9.18 Å². The first kappa shape index (κ1) is 24.6. The van der Waals surface area contributed by atoms with Gasteiger partial charge in [0.25, 0.3) is 0 Å². The zero-order valence-corrected chi connectivity index (χ0v) is 22.2.